The maximum absolute atomic E-state index is 12.7. The number of nitrogens with one attached hydrogen (secondary N) is 1. The van der Waals surface area contributed by atoms with Crippen molar-refractivity contribution in [2.24, 2.45) is 5.92 Å². The molecule has 5 heteroatoms. The van der Waals surface area contributed by atoms with Gasteiger partial charge in [0.2, 0.25) is 5.91 Å². The number of amides is 1. The maximum atomic E-state index is 12.7. The summed E-state index contributed by atoms with van der Waals surface area (Å²) in [6.45, 7) is 0.718. The number of rotatable bonds is 2. The normalized spacial score (nSPS) is 22.7. The molecule has 1 saturated carbocycles. The fourth-order valence-electron chi connectivity index (χ4n) is 3.18. The van der Waals surface area contributed by atoms with Crippen molar-refractivity contribution < 1.29 is 4.79 Å². The highest BCUT2D eigenvalue weighted by atomic mass is 16.2. The van der Waals surface area contributed by atoms with E-state index in [4.69, 9.17) is 5.26 Å². The third-order valence-corrected chi connectivity index (χ3v) is 4.40. The maximum Gasteiger partial charge on any atom is 0.230 e. The fraction of sp³-hybridized carbons (Fsp3) is 0.312. The third kappa shape index (κ3) is 1.91. The summed E-state index contributed by atoms with van der Waals surface area (Å²) >= 11 is 0. The Hall–Kier alpha value is -2.61. The number of aromatic nitrogens is 2. The van der Waals surface area contributed by atoms with E-state index in [1.54, 1.807) is 18.6 Å². The van der Waals surface area contributed by atoms with E-state index in [1.165, 1.54) is 0 Å². The number of aromatic amines is 1. The number of nitriles is 1. The van der Waals surface area contributed by atoms with Crippen molar-refractivity contribution in [3.8, 4) is 6.07 Å². The van der Waals surface area contributed by atoms with Crippen LogP contribution in [0.1, 0.15) is 29.2 Å². The number of nitrogens with zero attached hydrogens (tertiary/aromatic N) is 3. The predicted octanol–water partition coefficient (Wildman–Crippen LogP) is 1.97. The molecule has 0 radical (unpaired) electrons. The molecule has 104 valence electrons. The van der Waals surface area contributed by atoms with Crippen LogP contribution < -0.4 is 4.90 Å². The predicted molar refractivity (Wildman–Crippen MR) is 76.6 cm³/mol. The Morgan fingerprint density at radius 3 is 3.14 bits per heavy atom. The van der Waals surface area contributed by atoms with Gasteiger partial charge in [0.05, 0.1) is 18.0 Å². The van der Waals surface area contributed by atoms with Crippen LogP contribution in [0.2, 0.25) is 0 Å². The van der Waals surface area contributed by atoms with Crippen molar-refractivity contribution in [1.29, 1.82) is 5.26 Å². The van der Waals surface area contributed by atoms with Crippen molar-refractivity contribution in [1.82, 2.24) is 9.97 Å². The standard InChI is InChI=1S/C16H14N4O/c17-7-10-1-2-15-11(5-10)3-4-20(15)16(21)13-6-12(13)14-8-18-9-19-14/h1-2,5,8-9,12-13H,3-4,6H2,(H,18,19)/t12-,13-/m1/s1. The summed E-state index contributed by atoms with van der Waals surface area (Å²) < 4.78 is 0. The lowest BCUT2D eigenvalue weighted by Crippen LogP contribution is -2.30. The number of carbonyl (C=O) groups is 1. The summed E-state index contributed by atoms with van der Waals surface area (Å²) in [4.78, 5) is 21.6. The molecule has 2 aliphatic rings. The molecule has 0 bridgehead atoms. The van der Waals surface area contributed by atoms with Crippen molar-refractivity contribution in [2.75, 3.05) is 11.4 Å². The quantitative estimate of drug-likeness (QED) is 0.912. The highest BCUT2D eigenvalue weighted by Crippen LogP contribution is 2.48. The minimum Gasteiger partial charge on any atom is -0.348 e. The van der Waals surface area contributed by atoms with Gasteiger partial charge in [0.25, 0.3) is 0 Å². The molecule has 1 aliphatic heterocycles. The van der Waals surface area contributed by atoms with Gasteiger partial charge in [-0.3, -0.25) is 4.79 Å². The van der Waals surface area contributed by atoms with Crippen LogP contribution in [-0.4, -0.2) is 22.4 Å². The van der Waals surface area contributed by atoms with Gasteiger partial charge in [-0.05, 0) is 36.6 Å². The summed E-state index contributed by atoms with van der Waals surface area (Å²) in [5.41, 5.74) is 3.77. The summed E-state index contributed by atoms with van der Waals surface area (Å²) in [6.07, 6.45) is 5.18. The van der Waals surface area contributed by atoms with Gasteiger partial charge in [0, 0.05) is 36.0 Å². The molecule has 2 heterocycles. The topological polar surface area (TPSA) is 72.8 Å². The van der Waals surface area contributed by atoms with Crippen molar-refractivity contribution in [2.45, 2.75) is 18.8 Å². The first-order chi connectivity index (χ1) is 10.3. The zero-order chi connectivity index (χ0) is 14.4. The Bertz CT molecular complexity index is 744. The van der Waals surface area contributed by atoms with E-state index in [-0.39, 0.29) is 17.7 Å². The molecule has 21 heavy (non-hydrogen) atoms. The first-order valence-corrected chi connectivity index (χ1v) is 7.10. The van der Waals surface area contributed by atoms with Crippen molar-refractivity contribution >= 4 is 11.6 Å². The fourth-order valence-corrected chi connectivity index (χ4v) is 3.18. The number of fused-ring (bicyclic) bond motifs is 1. The van der Waals surface area contributed by atoms with E-state index in [2.05, 4.69) is 16.0 Å². The Morgan fingerprint density at radius 2 is 2.38 bits per heavy atom. The average molecular weight is 278 g/mol. The first-order valence-electron chi connectivity index (χ1n) is 7.10. The second-order valence-electron chi connectivity index (χ2n) is 5.65. The van der Waals surface area contributed by atoms with Crippen molar-refractivity contribution in [3.05, 3.63) is 47.5 Å². The van der Waals surface area contributed by atoms with Crippen LogP contribution in [0, 0.1) is 17.2 Å². The Balaban J connectivity index is 1.55. The van der Waals surface area contributed by atoms with Gasteiger partial charge in [-0.15, -0.1) is 0 Å². The average Bonchev–Trinajstić information content (AvgIpc) is 2.96. The lowest BCUT2D eigenvalue weighted by Gasteiger charge is -2.17. The zero-order valence-electron chi connectivity index (χ0n) is 11.4. The van der Waals surface area contributed by atoms with Gasteiger partial charge in [0.15, 0.2) is 0 Å². The minimum absolute atomic E-state index is 0.0621. The zero-order valence-corrected chi connectivity index (χ0v) is 11.4. The summed E-state index contributed by atoms with van der Waals surface area (Å²) in [5, 5.41) is 8.94. The second-order valence-corrected chi connectivity index (χ2v) is 5.65. The van der Waals surface area contributed by atoms with E-state index in [0.29, 0.717) is 5.56 Å². The second kappa shape index (κ2) is 4.45. The molecule has 0 spiro atoms. The largest absolute Gasteiger partial charge is 0.348 e. The molecule has 1 N–H and O–H groups in total. The smallest absolute Gasteiger partial charge is 0.230 e. The molecule has 1 fully saturated rings. The summed E-state index contributed by atoms with van der Waals surface area (Å²) in [6, 6.07) is 7.71. The third-order valence-electron chi connectivity index (χ3n) is 4.40. The number of anilines is 1. The molecular formula is C16H14N4O. The number of H-pyrrole nitrogens is 1. The molecule has 0 saturated heterocycles. The highest BCUT2D eigenvalue weighted by molar-refractivity contribution is 5.99. The van der Waals surface area contributed by atoms with Crippen LogP contribution in [0.25, 0.3) is 0 Å². The molecule has 1 aliphatic carbocycles. The number of benzene rings is 1. The van der Waals surface area contributed by atoms with E-state index in [1.807, 2.05) is 17.0 Å². The van der Waals surface area contributed by atoms with Gasteiger partial charge in [0.1, 0.15) is 0 Å². The number of carbonyl (C=O) groups excluding carboxylic acids is 1. The van der Waals surface area contributed by atoms with Crippen LogP contribution in [-0.2, 0) is 11.2 Å². The van der Waals surface area contributed by atoms with E-state index in [9.17, 15) is 4.79 Å². The van der Waals surface area contributed by atoms with Gasteiger partial charge in [-0.1, -0.05) is 0 Å². The van der Waals surface area contributed by atoms with Crippen LogP contribution in [0.4, 0.5) is 5.69 Å². The SMILES string of the molecule is N#Cc1ccc2c(c1)CCN2C(=O)[C@@H]1C[C@H]1c1cnc[nH]1. The lowest BCUT2D eigenvalue weighted by molar-refractivity contribution is -0.119. The van der Waals surface area contributed by atoms with E-state index < -0.39 is 0 Å². The minimum atomic E-state index is 0.0621. The molecule has 0 unspecified atom stereocenters. The molecule has 1 aromatic carbocycles. The Morgan fingerprint density at radius 1 is 1.48 bits per heavy atom. The van der Waals surface area contributed by atoms with Gasteiger partial charge in [-0.2, -0.15) is 5.26 Å². The first kappa shape index (κ1) is 12.2. The lowest BCUT2D eigenvalue weighted by atomic mass is 10.1. The van der Waals surface area contributed by atoms with Crippen molar-refractivity contribution in [3.63, 3.8) is 0 Å². The van der Waals surface area contributed by atoms with Crippen LogP contribution in [0.15, 0.2) is 30.7 Å². The highest BCUT2D eigenvalue weighted by Gasteiger charge is 2.47. The molecule has 2 aromatic rings. The Kier molecular flexibility index (Phi) is 2.58. The molecule has 4 rings (SSSR count). The van der Waals surface area contributed by atoms with Gasteiger partial charge < -0.3 is 9.88 Å². The summed E-state index contributed by atoms with van der Waals surface area (Å²) in [5.74, 6) is 0.535. The van der Waals surface area contributed by atoms with Crippen LogP contribution >= 0.6 is 0 Å². The Labute approximate surface area is 122 Å². The molecule has 5 nitrogen and oxygen atoms in total. The van der Waals surface area contributed by atoms with Gasteiger partial charge in [-0.25, -0.2) is 4.98 Å². The summed E-state index contributed by atoms with van der Waals surface area (Å²) in [7, 11) is 0. The number of imidazole rings is 1. The number of hydrogen-bond donors (Lipinski definition) is 1. The van der Waals surface area contributed by atoms with Gasteiger partial charge >= 0.3 is 0 Å². The molecule has 2 atom stereocenters. The van der Waals surface area contributed by atoms with Crippen LogP contribution in [0.3, 0.4) is 0 Å². The monoisotopic (exact) mass is 278 g/mol. The molecular weight excluding hydrogens is 264 g/mol. The molecule has 1 amide bonds. The van der Waals surface area contributed by atoms with E-state index in [0.717, 1.165) is 36.3 Å². The van der Waals surface area contributed by atoms with Crippen LogP contribution in [0.5, 0.6) is 0 Å². The number of hydrogen-bond acceptors (Lipinski definition) is 3. The molecule has 1 aromatic heterocycles. The van der Waals surface area contributed by atoms with E-state index >= 15 is 0 Å².